The lowest BCUT2D eigenvalue weighted by Gasteiger charge is -2.11. The zero-order valence-electron chi connectivity index (χ0n) is 17.0. The monoisotopic (exact) mass is 419 g/mol. The summed E-state index contributed by atoms with van der Waals surface area (Å²) < 4.78 is 6.90. The molecule has 0 aliphatic carbocycles. The molecule has 2 heterocycles. The largest absolute Gasteiger partial charge is 0.496 e. The molecule has 0 saturated carbocycles. The van der Waals surface area contributed by atoms with Crippen molar-refractivity contribution in [1.29, 1.82) is 0 Å². The molecule has 1 aliphatic heterocycles. The highest BCUT2D eigenvalue weighted by Crippen LogP contribution is 2.25. The fraction of sp³-hybridized carbons (Fsp3) is 0.182. The first-order valence-electron chi connectivity index (χ1n) is 9.61. The Balaban J connectivity index is 1.33. The summed E-state index contributed by atoms with van der Waals surface area (Å²) in [7, 11) is 3.33. The predicted molar refractivity (Wildman–Crippen MR) is 115 cm³/mol. The Hall–Kier alpha value is -4.14. The van der Waals surface area contributed by atoms with Crippen molar-refractivity contribution in [2.45, 2.75) is 12.5 Å². The summed E-state index contributed by atoms with van der Waals surface area (Å²) in [6.45, 7) is 0. The average Bonchev–Trinajstić information content (AvgIpc) is 3.44. The summed E-state index contributed by atoms with van der Waals surface area (Å²) in [6, 6.07) is 15.9. The zero-order chi connectivity index (χ0) is 21.8. The third kappa shape index (κ3) is 4.55. The molecule has 0 bridgehead atoms. The van der Waals surface area contributed by atoms with E-state index in [1.54, 1.807) is 55.4 Å². The first-order chi connectivity index (χ1) is 15.0. The molecular formula is C22H21N5O4. The van der Waals surface area contributed by atoms with Gasteiger partial charge in [0, 0.05) is 36.6 Å². The van der Waals surface area contributed by atoms with Crippen molar-refractivity contribution >= 4 is 28.9 Å². The minimum atomic E-state index is -0.733. The van der Waals surface area contributed by atoms with Crippen LogP contribution in [0.3, 0.4) is 0 Å². The maximum absolute atomic E-state index is 12.6. The molecule has 3 aromatic rings. The minimum absolute atomic E-state index is 0.307. The van der Waals surface area contributed by atoms with Gasteiger partial charge in [0.2, 0.25) is 6.10 Å². The molecule has 2 amide bonds. The van der Waals surface area contributed by atoms with Crippen molar-refractivity contribution in [1.82, 2.24) is 9.78 Å². The number of oxime groups is 1. The van der Waals surface area contributed by atoms with Gasteiger partial charge in [-0.05, 0) is 42.5 Å². The van der Waals surface area contributed by atoms with E-state index >= 15 is 0 Å². The second kappa shape index (κ2) is 8.70. The molecule has 1 atom stereocenters. The van der Waals surface area contributed by atoms with E-state index in [-0.39, 0.29) is 11.8 Å². The molecule has 0 saturated heterocycles. The van der Waals surface area contributed by atoms with E-state index in [0.29, 0.717) is 35.0 Å². The first kappa shape index (κ1) is 20.1. The first-order valence-corrected chi connectivity index (χ1v) is 9.61. The Kier molecular flexibility index (Phi) is 5.65. The number of amides is 2. The normalized spacial score (nSPS) is 15.0. The number of rotatable bonds is 6. The van der Waals surface area contributed by atoms with Gasteiger partial charge < -0.3 is 20.2 Å². The Morgan fingerprint density at radius 1 is 1.06 bits per heavy atom. The number of benzene rings is 2. The molecule has 0 radical (unpaired) electrons. The van der Waals surface area contributed by atoms with Crippen LogP contribution < -0.4 is 15.4 Å². The van der Waals surface area contributed by atoms with Crippen molar-refractivity contribution in [2.24, 2.45) is 12.2 Å². The highest BCUT2D eigenvalue weighted by molar-refractivity contribution is 6.07. The number of hydrogen-bond donors (Lipinski definition) is 2. The third-order valence-corrected chi connectivity index (χ3v) is 4.74. The summed E-state index contributed by atoms with van der Waals surface area (Å²) in [5, 5.41) is 13.7. The molecule has 1 unspecified atom stereocenters. The van der Waals surface area contributed by atoms with Gasteiger partial charge in [-0.2, -0.15) is 5.10 Å². The van der Waals surface area contributed by atoms with E-state index in [0.717, 1.165) is 5.56 Å². The van der Waals surface area contributed by atoms with Crippen LogP contribution in [0.5, 0.6) is 5.75 Å². The molecule has 1 aromatic heterocycles. The molecule has 2 aromatic carbocycles. The van der Waals surface area contributed by atoms with Gasteiger partial charge in [0.25, 0.3) is 11.8 Å². The number of aromatic nitrogens is 2. The summed E-state index contributed by atoms with van der Waals surface area (Å²) in [5.74, 6) is 0.0610. The van der Waals surface area contributed by atoms with Crippen molar-refractivity contribution < 1.29 is 19.2 Å². The van der Waals surface area contributed by atoms with Crippen LogP contribution in [0.2, 0.25) is 0 Å². The summed E-state index contributed by atoms with van der Waals surface area (Å²) in [5.41, 5.74) is 2.95. The fourth-order valence-electron chi connectivity index (χ4n) is 3.15. The van der Waals surface area contributed by atoms with Crippen LogP contribution in [0.1, 0.15) is 22.5 Å². The lowest BCUT2D eigenvalue weighted by molar-refractivity contribution is -0.125. The van der Waals surface area contributed by atoms with E-state index in [1.165, 1.54) is 0 Å². The molecule has 0 spiro atoms. The second-order valence-corrected chi connectivity index (χ2v) is 6.93. The van der Waals surface area contributed by atoms with Gasteiger partial charge >= 0.3 is 0 Å². The molecule has 4 rings (SSSR count). The van der Waals surface area contributed by atoms with Gasteiger partial charge in [0.15, 0.2) is 5.69 Å². The number of nitrogens with zero attached hydrogens (tertiary/aromatic N) is 3. The Labute approximate surface area is 178 Å². The Bertz CT molecular complexity index is 1140. The van der Waals surface area contributed by atoms with Crippen molar-refractivity contribution in [3.8, 4) is 5.75 Å². The molecule has 31 heavy (non-hydrogen) atoms. The summed E-state index contributed by atoms with van der Waals surface area (Å²) in [6.07, 6.45) is 1.30. The maximum atomic E-state index is 12.6. The fourth-order valence-corrected chi connectivity index (χ4v) is 3.15. The number of para-hydroxylation sites is 1. The zero-order valence-corrected chi connectivity index (χ0v) is 17.0. The molecular weight excluding hydrogens is 398 g/mol. The molecule has 9 nitrogen and oxygen atoms in total. The van der Waals surface area contributed by atoms with Gasteiger partial charge in [-0.15, -0.1) is 0 Å². The number of carbonyl (C=O) groups excluding carboxylic acids is 2. The van der Waals surface area contributed by atoms with Crippen LogP contribution in [0.4, 0.5) is 11.4 Å². The number of carbonyl (C=O) groups is 2. The summed E-state index contributed by atoms with van der Waals surface area (Å²) >= 11 is 0. The van der Waals surface area contributed by atoms with Crippen LogP contribution in [0, 0.1) is 0 Å². The Morgan fingerprint density at radius 2 is 1.77 bits per heavy atom. The number of ether oxygens (including phenoxy) is 1. The number of nitrogens with one attached hydrogen (secondary N) is 2. The van der Waals surface area contributed by atoms with Crippen LogP contribution >= 0.6 is 0 Å². The third-order valence-electron chi connectivity index (χ3n) is 4.74. The number of aryl methyl sites for hydroxylation is 1. The van der Waals surface area contributed by atoms with Crippen LogP contribution in [0.15, 0.2) is 65.9 Å². The SMILES string of the molecule is COc1ccccc1C1=NOC(C(=O)Nc2ccc(NC(=O)c3ccn(C)n3)cc2)C1. The maximum Gasteiger partial charge on any atom is 0.276 e. The molecule has 1 aliphatic rings. The topological polar surface area (TPSA) is 107 Å². The smallest absolute Gasteiger partial charge is 0.276 e. The molecule has 0 fully saturated rings. The predicted octanol–water partition coefficient (Wildman–Crippen LogP) is 2.81. The Morgan fingerprint density at radius 3 is 2.45 bits per heavy atom. The van der Waals surface area contributed by atoms with Crippen molar-refractivity contribution in [2.75, 3.05) is 17.7 Å². The lowest BCUT2D eigenvalue weighted by Crippen LogP contribution is -2.28. The number of methoxy groups -OCH3 is 1. The number of anilines is 2. The molecule has 2 N–H and O–H groups in total. The van der Waals surface area contributed by atoms with Crippen LogP contribution in [0.25, 0.3) is 0 Å². The average molecular weight is 419 g/mol. The van der Waals surface area contributed by atoms with E-state index in [4.69, 9.17) is 9.57 Å². The standard InChI is InChI=1S/C22H21N5O4/c1-27-12-11-17(25-27)21(28)23-14-7-9-15(10-8-14)24-22(29)20-13-18(26-31-20)16-5-3-4-6-19(16)30-2/h3-12,20H,13H2,1-2H3,(H,23,28)(H,24,29). The van der Waals surface area contributed by atoms with E-state index < -0.39 is 6.10 Å². The second-order valence-electron chi connectivity index (χ2n) is 6.93. The number of hydrogen-bond acceptors (Lipinski definition) is 6. The van der Waals surface area contributed by atoms with Gasteiger partial charge in [-0.25, -0.2) is 0 Å². The van der Waals surface area contributed by atoms with Crippen LogP contribution in [-0.2, 0) is 16.7 Å². The quantitative estimate of drug-likeness (QED) is 0.639. The van der Waals surface area contributed by atoms with Crippen LogP contribution in [-0.4, -0.2) is 40.5 Å². The van der Waals surface area contributed by atoms with Gasteiger partial charge in [-0.1, -0.05) is 17.3 Å². The van der Waals surface area contributed by atoms with Gasteiger partial charge in [0.05, 0.1) is 12.8 Å². The summed E-state index contributed by atoms with van der Waals surface area (Å²) in [4.78, 5) is 30.1. The highest BCUT2D eigenvalue weighted by atomic mass is 16.6. The van der Waals surface area contributed by atoms with Gasteiger partial charge in [0.1, 0.15) is 5.75 Å². The van der Waals surface area contributed by atoms with Crippen molar-refractivity contribution in [3.63, 3.8) is 0 Å². The minimum Gasteiger partial charge on any atom is -0.496 e. The molecule has 158 valence electrons. The highest BCUT2D eigenvalue weighted by Gasteiger charge is 2.30. The van der Waals surface area contributed by atoms with Gasteiger partial charge in [-0.3, -0.25) is 14.3 Å². The van der Waals surface area contributed by atoms with Crippen molar-refractivity contribution in [3.05, 3.63) is 72.1 Å². The van der Waals surface area contributed by atoms with E-state index in [2.05, 4.69) is 20.9 Å². The van der Waals surface area contributed by atoms with E-state index in [1.807, 2.05) is 24.3 Å². The lowest BCUT2D eigenvalue weighted by atomic mass is 10.0. The van der Waals surface area contributed by atoms with E-state index in [9.17, 15) is 9.59 Å². The molecule has 9 heteroatoms.